The van der Waals surface area contributed by atoms with Gasteiger partial charge in [0.05, 0.1) is 3.79 Å². The molecule has 0 aliphatic heterocycles. The molecule has 0 bridgehead atoms. The van der Waals surface area contributed by atoms with Gasteiger partial charge < -0.3 is 0 Å². The van der Waals surface area contributed by atoms with E-state index in [1.54, 1.807) is 12.1 Å². The van der Waals surface area contributed by atoms with Crippen LogP contribution in [0.1, 0.15) is 18.1 Å². The number of aromatic amines is 1. The number of nitrogens with one attached hydrogen (secondary N) is 2. The largest absolute Gasteiger partial charge is 0.263 e. The van der Waals surface area contributed by atoms with Gasteiger partial charge in [0.2, 0.25) is 10.0 Å². The summed E-state index contributed by atoms with van der Waals surface area (Å²) in [6.45, 7) is 2.19. The summed E-state index contributed by atoms with van der Waals surface area (Å²) in [5.74, 6) is 1.47. The van der Waals surface area contributed by atoms with Gasteiger partial charge in [0.15, 0.2) is 5.82 Å². The molecule has 2 heterocycles. The molecule has 0 saturated carbocycles. The predicted molar refractivity (Wildman–Crippen MR) is 76.6 cm³/mol. The van der Waals surface area contributed by atoms with Crippen molar-refractivity contribution in [3.05, 3.63) is 27.6 Å². The average Bonchev–Trinajstić information content (AvgIpc) is 2.94. The molecule has 0 aliphatic rings. The number of aryl methyl sites for hydroxylation is 2. The molecule has 2 N–H and O–H groups in total. The molecule has 2 aromatic rings. The Morgan fingerprint density at radius 2 is 2.26 bits per heavy atom. The number of H-pyrrole nitrogens is 1. The van der Waals surface area contributed by atoms with Crippen LogP contribution in [0.3, 0.4) is 0 Å². The summed E-state index contributed by atoms with van der Waals surface area (Å²) in [6.07, 6.45) is 1.30. The lowest BCUT2D eigenvalue weighted by atomic mass is 10.3. The van der Waals surface area contributed by atoms with Crippen molar-refractivity contribution in [2.24, 2.45) is 0 Å². The second-order valence-electron chi connectivity index (χ2n) is 3.90. The molecular weight excluding hydrogens is 352 g/mol. The molecule has 9 heteroatoms. The number of halogens is 1. The van der Waals surface area contributed by atoms with Crippen LogP contribution >= 0.6 is 27.3 Å². The van der Waals surface area contributed by atoms with Gasteiger partial charge in [0.25, 0.3) is 0 Å². The summed E-state index contributed by atoms with van der Waals surface area (Å²) in [5.41, 5.74) is 0. The van der Waals surface area contributed by atoms with Crippen molar-refractivity contribution < 1.29 is 8.42 Å². The molecule has 0 fully saturated rings. The van der Waals surface area contributed by atoms with Gasteiger partial charge in [-0.2, -0.15) is 5.10 Å². The molecule has 0 spiro atoms. The fourth-order valence-corrected chi connectivity index (χ4v) is 4.60. The van der Waals surface area contributed by atoms with E-state index in [0.29, 0.717) is 29.4 Å². The molecule has 0 atom stereocenters. The van der Waals surface area contributed by atoms with Gasteiger partial charge in [-0.1, -0.05) is 0 Å². The summed E-state index contributed by atoms with van der Waals surface area (Å²) in [7, 11) is -3.40. The summed E-state index contributed by atoms with van der Waals surface area (Å²) >= 11 is 4.43. The first-order valence-electron chi connectivity index (χ1n) is 5.60. The highest BCUT2D eigenvalue weighted by Gasteiger charge is 2.15. The number of hydrogen-bond donors (Lipinski definition) is 2. The van der Waals surface area contributed by atoms with E-state index in [1.807, 2.05) is 6.92 Å². The van der Waals surface area contributed by atoms with Crippen LogP contribution in [0.5, 0.6) is 0 Å². The monoisotopic (exact) mass is 364 g/mol. The maximum atomic E-state index is 11.9. The zero-order chi connectivity index (χ0) is 13.9. The topological polar surface area (TPSA) is 87.7 Å². The Labute approximate surface area is 123 Å². The van der Waals surface area contributed by atoms with Gasteiger partial charge in [0, 0.05) is 13.0 Å². The van der Waals surface area contributed by atoms with E-state index in [0.717, 1.165) is 9.61 Å². The third kappa shape index (κ3) is 4.10. The van der Waals surface area contributed by atoms with Crippen LogP contribution in [-0.4, -0.2) is 30.1 Å². The van der Waals surface area contributed by atoms with Gasteiger partial charge in [-0.3, -0.25) is 5.10 Å². The molecule has 2 rings (SSSR count). The second-order valence-corrected chi connectivity index (χ2v) is 8.35. The van der Waals surface area contributed by atoms with Crippen molar-refractivity contribution in [2.75, 3.05) is 6.54 Å². The Balaban J connectivity index is 1.82. The molecule has 19 heavy (non-hydrogen) atoms. The molecule has 0 radical (unpaired) electrons. The summed E-state index contributed by atoms with van der Waals surface area (Å²) in [5, 5.41) is 6.74. The Morgan fingerprint density at radius 1 is 1.47 bits per heavy atom. The van der Waals surface area contributed by atoms with E-state index in [4.69, 9.17) is 0 Å². The number of aromatic nitrogens is 3. The van der Waals surface area contributed by atoms with E-state index >= 15 is 0 Å². The highest BCUT2D eigenvalue weighted by Crippen LogP contribution is 2.25. The fraction of sp³-hybridized carbons (Fsp3) is 0.400. The highest BCUT2D eigenvalue weighted by atomic mass is 79.9. The molecule has 0 aromatic carbocycles. The standard InChI is InChI=1S/C10H13BrN4O2S2/c1-7-13-9(15-14-7)3-2-6-12-19(16,17)10-5-4-8(11)18-10/h4-5,12H,2-3,6H2,1H3,(H,13,14,15). The zero-order valence-corrected chi connectivity index (χ0v) is 13.4. The first-order chi connectivity index (χ1) is 8.97. The lowest BCUT2D eigenvalue weighted by molar-refractivity contribution is 0.580. The molecule has 0 saturated heterocycles. The van der Waals surface area contributed by atoms with E-state index in [9.17, 15) is 8.42 Å². The first kappa shape index (κ1) is 14.6. The normalized spacial score (nSPS) is 11.9. The quantitative estimate of drug-likeness (QED) is 0.765. The van der Waals surface area contributed by atoms with Gasteiger partial charge in [0.1, 0.15) is 10.0 Å². The Hall–Kier alpha value is -0.770. The minimum atomic E-state index is -3.40. The molecule has 104 valence electrons. The molecule has 6 nitrogen and oxygen atoms in total. The molecule has 2 aromatic heterocycles. The first-order valence-corrected chi connectivity index (χ1v) is 8.69. The number of sulfonamides is 1. The Morgan fingerprint density at radius 3 is 2.84 bits per heavy atom. The summed E-state index contributed by atoms with van der Waals surface area (Å²) in [4.78, 5) is 4.16. The minimum Gasteiger partial charge on any atom is -0.263 e. The predicted octanol–water partition coefficient (Wildman–Crippen LogP) is 1.85. The molecule has 0 aliphatic carbocycles. The maximum absolute atomic E-state index is 11.9. The Kier molecular flexibility index (Phi) is 4.71. The minimum absolute atomic E-state index is 0.313. The van der Waals surface area contributed by atoms with Crippen LogP contribution in [0.4, 0.5) is 0 Å². The number of thiophene rings is 1. The second kappa shape index (κ2) is 6.12. The van der Waals surface area contributed by atoms with Crippen LogP contribution in [0.2, 0.25) is 0 Å². The van der Waals surface area contributed by atoms with E-state index in [2.05, 4.69) is 35.8 Å². The maximum Gasteiger partial charge on any atom is 0.250 e. The third-order valence-electron chi connectivity index (χ3n) is 2.33. The SMILES string of the molecule is Cc1nc(CCCNS(=O)(=O)c2ccc(Br)s2)n[nH]1. The van der Waals surface area contributed by atoms with Crippen LogP contribution < -0.4 is 4.72 Å². The third-order valence-corrected chi connectivity index (χ3v) is 5.90. The summed E-state index contributed by atoms with van der Waals surface area (Å²) in [6, 6.07) is 3.30. The van der Waals surface area contributed by atoms with E-state index < -0.39 is 10.0 Å². The van der Waals surface area contributed by atoms with Gasteiger partial charge in [-0.25, -0.2) is 18.1 Å². The average molecular weight is 365 g/mol. The van der Waals surface area contributed by atoms with E-state index in [-0.39, 0.29) is 0 Å². The highest BCUT2D eigenvalue weighted by molar-refractivity contribution is 9.11. The fourth-order valence-electron chi connectivity index (χ4n) is 1.47. The van der Waals surface area contributed by atoms with Crippen molar-refractivity contribution in [1.29, 1.82) is 0 Å². The smallest absolute Gasteiger partial charge is 0.250 e. The molecule has 0 amide bonds. The number of hydrogen-bond acceptors (Lipinski definition) is 5. The lowest BCUT2D eigenvalue weighted by Gasteiger charge is -2.03. The van der Waals surface area contributed by atoms with Crippen LogP contribution in [0, 0.1) is 6.92 Å². The van der Waals surface area contributed by atoms with Gasteiger partial charge in [-0.05, 0) is 41.4 Å². The van der Waals surface area contributed by atoms with Crippen molar-refractivity contribution in [3.8, 4) is 0 Å². The number of nitrogens with zero attached hydrogens (tertiary/aromatic N) is 2. The zero-order valence-electron chi connectivity index (χ0n) is 10.2. The van der Waals surface area contributed by atoms with Crippen molar-refractivity contribution in [2.45, 2.75) is 24.0 Å². The van der Waals surface area contributed by atoms with Gasteiger partial charge >= 0.3 is 0 Å². The van der Waals surface area contributed by atoms with Crippen molar-refractivity contribution in [1.82, 2.24) is 19.9 Å². The molecule has 0 unspecified atom stereocenters. The lowest BCUT2D eigenvalue weighted by Crippen LogP contribution is -2.24. The van der Waals surface area contributed by atoms with Crippen molar-refractivity contribution >= 4 is 37.3 Å². The Bertz CT molecular complexity index is 650. The van der Waals surface area contributed by atoms with Gasteiger partial charge in [-0.15, -0.1) is 11.3 Å². The van der Waals surface area contributed by atoms with Crippen LogP contribution in [0.25, 0.3) is 0 Å². The van der Waals surface area contributed by atoms with Crippen LogP contribution in [-0.2, 0) is 16.4 Å². The van der Waals surface area contributed by atoms with Crippen molar-refractivity contribution in [3.63, 3.8) is 0 Å². The molecular formula is C10H13BrN4O2S2. The summed E-state index contributed by atoms with van der Waals surface area (Å²) < 4.78 is 27.5. The van der Waals surface area contributed by atoms with E-state index in [1.165, 1.54) is 11.3 Å². The number of rotatable bonds is 6. The van der Waals surface area contributed by atoms with Crippen LogP contribution in [0.15, 0.2) is 20.1 Å².